The molecule has 0 radical (unpaired) electrons. The van der Waals surface area contributed by atoms with Crippen LogP contribution < -0.4 is 11.1 Å². The number of amides is 3. The summed E-state index contributed by atoms with van der Waals surface area (Å²) >= 11 is 0. The Morgan fingerprint density at radius 3 is 2.59 bits per heavy atom. The Morgan fingerprint density at radius 1 is 1.37 bits per heavy atom. The second-order valence-electron chi connectivity index (χ2n) is 6.43. The topological polar surface area (TPSA) is 126 Å². The van der Waals surface area contributed by atoms with E-state index < -0.39 is 29.9 Å². The number of anilines is 1. The van der Waals surface area contributed by atoms with Gasteiger partial charge in [0.25, 0.3) is 0 Å². The van der Waals surface area contributed by atoms with Crippen LogP contribution in [-0.2, 0) is 9.59 Å². The molecule has 0 aromatic carbocycles. The van der Waals surface area contributed by atoms with Crippen LogP contribution in [0.25, 0.3) is 0 Å². The lowest BCUT2D eigenvalue weighted by molar-refractivity contribution is -0.162. The minimum absolute atomic E-state index is 0.0836. The molecular weight excluding hydrogens is 348 g/mol. The molecule has 2 atom stereocenters. The highest BCUT2D eigenvalue weighted by atomic mass is 16.4. The van der Waals surface area contributed by atoms with Crippen LogP contribution in [0.15, 0.2) is 18.3 Å². The number of nitrogens with zero attached hydrogens (tertiary/aromatic N) is 2. The number of hydrogen-bond donors (Lipinski definition) is 3. The average molecular weight is 372 g/mol. The van der Waals surface area contributed by atoms with Gasteiger partial charge in [-0.3, -0.25) is 4.79 Å². The monoisotopic (exact) mass is 372 g/mol. The number of aliphatic carboxylic acids is 1. The molecule has 27 heavy (non-hydrogen) atoms. The lowest BCUT2D eigenvalue weighted by Gasteiger charge is -2.40. The van der Waals surface area contributed by atoms with E-state index in [1.54, 1.807) is 6.07 Å². The van der Waals surface area contributed by atoms with Gasteiger partial charge in [-0.05, 0) is 25.0 Å². The number of nitrogen functional groups attached to an aromatic ring is 1. The normalized spacial score (nSPS) is 18.5. The van der Waals surface area contributed by atoms with Gasteiger partial charge in [-0.15, -0.1) is 0 Å². The van der Waals surface area contributed by atoms with Crippen molar-refractivity contribution in [3.8, 4) is 11.8 Å². The molecule has 2 rings (SSSR count). The molecule has 3 amide bonds. The number of carbonyl (C=O) groups is 3. The number of hydrogen-bond acceptors (Lipinski definition) is 5. The van der Waals surface area contributed by atoms with Gasteiger partial charge < -0.3 is 16.2 Å². The predicted octanol–water partition coefficient (Wildman–Crippen LogP) is 1.61. The molecule has 1 aliphatic rings. The number of carbonyl (C=O) groups excluding carboxylic acids is 2. The average Bonchev–Trinajstić information content (AvgIpc) is 2.59. The van der Waals surface area contributed by atoms with Crippen LogP contribution >= 0.6 is 0 Å². The SMILES string of the molecule is CCCC(CCC)NC(=O)N1C(=O)C(C#Cc2ccnc(N)c2)C1C(=O)O. The molecule has 2 unspecified atom stereocenters. The molecule has 2 heterocycles. The summed E-state index contributed by atoms with van der Waals surface area (Å²) in [4.78, 5) is 41.0. The predicted molar refractivity (Wildman–Crippen MR) is 99.4 cm³/mol. The van der Waals surface area contributed by atoms with Crippen molar-refractivity contribution in [3.05, 3.63) is 23.9 Å². The zero-order valence-electron chi connectivity index (χ0n) is 15.4. The summed E-state index contributed by atoms with van der Waals surface area (Å²) in [7, 11) is 0. The maximum absolute atomic E-state index is 12.4. The molecule has 144 valence electrons. The van der Waals surface area contributed by atoms with Crippen LogP contribution in [0.5, 0.6) is 0 Å². The quantitative estimate of drug-likeness (QED) is 0.514. The Balaban J connectivity index is 2.13. The van der Waals surface area contributed by atoms with E-state index in [-0.39, 0.29) is 11.9 Å². The minimum atomic E-state index is -1.30. The molecule has 8 nitrogen and oxygen atoms in total. The van der Waals surface area contributed by atoms with Crippen LogP contribution in [0, 0.1) is 17.8 Å². The van der Waals surface area contributed by atoms with Crippen LogP contribution in [-0.4, -0.2) is 45.0 Å². The van der Waals surface area contributed by atoms with Crippen molar-refractivity contribution < 1.29 is 19.5 Å². The van der Waals surface area contributed by atoms with Gasteiger partial charge in [0.15, 0.2) is 6.04 Å². The smallest absolute Gasteiger partial charge is 0.328 e. The molecule has 8 heteroatoms. The first kappa shape index (κ1) is 20.2. The van der Waals surface area contributed by atoms with Crippen molar-refractivity contribution >= 4 is 23.7 Å². The number of carboxylic acid groups (broad SMARTS) is 1. The van der Waals surface area contributed by atoms with Gasteiger partial charge in [0, 0.05) is 17.8 Å². The van der Waals surface area contributed by atoms with Gasteiger partial charge >= 0.3 is 12.0 Å². The lowest BCUT2D eigenvalue weighted by Crippen LogP contribution is -2.68. The summed E-state index contributed by atoms with van der Waals surface area (Å²) in [5.74, 6) is 2.71. The van der Waals surface area contributed by atoms with E-state index in [0.29, 0.717) is 5.56 Å². The number of β-lactam (4-membered cyclic amide) rings is 1. The first-order valence-corrected chi connectivity index (χ1v) is 8.98. The number of nitrogens with one attached hydrogen (secondary N) is 1. The number of imide groups is 1. The van der Waals surface area contributed by atoms with Crippen molar-refractivity contribution in [2.75, 3.05) is 5.73 Å². The van der Waals surface area contributed by atoms with Crippen LogP contribution in [0.3, 0.4) is 0 Å². The fraction of sp³-hybridized carbons (Fsp3) is 0.474. The third-order valence-corrected chi connectivity index (χ3v) is 4.32. The largest absolute Gasteiger partial charge is 0.480 e. The molecule has 4 N–H and O–H groups in total. The van der Waals surface area contributed by atoms with Gasteiger partial charge in [0.2, 0.25) is 5.91 Å². The van der Waals surface area contributed by atoms with E-state index in [1.165, 1.54) is 12.3 Å². The van der Waals surface area contributed by atoms with E-state index in [1.807, 2.05) is 13.8 Å². The maximum atomic E-state index is 12.4. The molecule has 1 aromatic rings. The second-order valence-corrected chi connectivity index (χ2v) is 6.43. The minimum Gasteiger partial charge on any atom is -0.480 e. The van der Waals surface area contributed by atoms with Gasteiger partial charge in [0.05, 0.1) is 0 Å². The highest BCUT2D eigenvalue weighted by Gasteiger charge is 2.54. The Hall–Kier alpha value is -3.08. The van der Waals surface area contributed by atoms with Crippen molar-refractivity contribution in [1.29, 1.82) is 0 Å². The summed E-state index contributed by atoms with van der Waals surface area (Å²) in [5, 5.41) is 12.2. The Kier molecular flexibility index (Phi) is 6.77. The van der Waals surface area contributed by atoms with Crippen LogP contribution in [0.2, 0.25) is 0 Å². The first-order chi connectivity index (χ1) is 12.9. The maximum Gasteiger partial charge on any atom is 0.328 e. The third kappa shape index (κ3) is 4.76. The van der Waals surface area contributed by atoms with Crippen LogP contribution in [0.1, 0.15) is 45.1 Å². The van der Waals surface area contributed by atoms with E-state index in [0.717, 1.165) is 30.6 Å². The van der Waals surface area contributed by atoms with Gasteiger partial charge in [-0.25, -0.2) is 19.5 Å². The second kappa shape index (κ2) is 9.03. The number of carboxylic acids is 1. The van der Waals surface area contributed by atoms with Crippen molar-refractivity contribution in [2.24, 2.45) is 5.92 Å². The van der Waals surface area contributed by atoms with Gasteiger partial charge in [-0.2, -0.15) is 0 Å². The number of nitrogens with two attached hydrogens (primary N) is 1. The first-order valence-electron chi connectivity index (χ1n) is 8.98. The Morgan fingerprint density at radius 2 is 2.04 bits per heavy atom. The lowest BCUT2D eigenvalue weighted by atomic mass is 9.88. The number of urea groups is 1. The third-order valence-electron chi connectivity index (χ3n) is 4.32. The van der Waals surface area contributed by atoms with E-state index >= 15 is 0 Å². The number of likely N-dealkylation sites (tertiary alicyclic amines) is 1. The summed E-state index contributed by atoms with van der Waals surface area (Å²) in [6.07, 6.45) is 4.77. The van der Waals surface area contributed by atoms with Crippen molar-refractivity contribution in [1.82, 2.24) is 15.2 Å². The van der Waals surface area contributed by atoms with Crippen LogP contribution in [0.4, 0.5) is 10.6 Å². The molecular formula is C19H24N4O4. The fourth-order valence-corrected chi connectivity index (χ4v) is 3.03. The number of rotatable bonds is 6. The number of pyridine rings is 1. The summed E-state index contributed by atoms with van der Waals surface area (Å²) in [6.45, 7) is 4.00. The fourth-order valence-electron chi connectivity index (χ4n) is 3.03. The van der Waals surface area contributed by atoms with E-state index in [2.05, 4.69) is 22.1 Å². The Labute approximate surface area is 158 Å². The summed E-state index contributed by atoms with van der Waals surface area (Å²) in [5.41, 5.74) is 6.09. The molecule has 1 aliphatic heterocycles. The highest BCUT2D eigenvalue weighted by molar-refractivity contribution is 6.09. The molecule has 0 aliphatic carbocycles. The number of aromatic nitrogens is 1. The molecule has 0 spiro atoms. The van der Waals surface area contributed by atoms with Crippen molar-refractivity contribution in [2.45, 2.75) is 51.6 Å². The van der Waals surface area contributed by atoms with E-state index in [4.69, 9.17) is 5.73 Å². The zero-order chi connectivity index (χ0) is 20.0. The Bertz CT molecular complexity index is 777. The van der Waals surface area contributed by atoms with Gasteiger partial charge in [-0.1, -0.05) is 38.5 Å². The highest BCUT2D eigenvalue weighted by Crippen LogP contribution is 2.27. The van der Waals surface area contributed by atoms with Crippen molar-refractivity contribution in [3.63, 3.8) is 0 Å². The zero-order valence-corrected chi connectivity index (χ0v) is 15.4. The summed E-state index contributed by atoms with van der Waals surface area (Å²) < 4.78 is 0. The summed E-state index contributed by atoms with van der Waals surface area (Å²) in [6, 6.07) is 1.07. The van der Waals surface area contributed by atoms with Gasteiger partial charge in [0.1, 0.15) is 11.7 Å². The molecule has 1 fully saturated rings. The molecule has 1 saturated heterocycles. The molecule has 0 bridgehead atoms. The molecule has 1 aromatic heterocycles. The molecule has 0 saturated carbocycles. The standard InChI is InChI=1S/C19H24N4O4/c1-3-5-13(6-4-2)22-19(27)23-16(18(25)26)14(17(23)24)8-7-12-9-10-21-15(20)11-12/h9-11,13-14,16H,3-6H2,1-2H3,(H2,20,21)(H,22,27)(H,25,26). The van der Waals surface area contributed by atoms with E-state index in [9.17, 15) is 19.5 Å².